The lowest BCUT2D eigenvalue weighted by molar-refractivity contribution is 0.0585. The van der Waals surface area contributed by atoms with E-state index in [0.29, 0.717) is 13.2 Å². The van der Waals surface area contributed by atoms with Crippen molar-refractivity contribution >= 4 is 21.6 Å². The summed E-state index contributed by atoms with van der Waals surface area (Å²) in [6.07, 6.45) is 1.69. The van der Waals surface area contributed by atoms with Crippen molar-refractivity contribution < 1.29 is 13.2 Å². The number of nitrogens with zero attached hydrogens (tertiary/aromatic N) is 1. The van der Waals surface area contributed by atoms with Gasteiger partial charge in [0.2, 0.25) is 10.0 Å². The Kier molecular flexibility index (Phi) is 5.22. The van der Waals surface area contributed by atoms with Gasteiger partial charge in [-0.3, -0.25) is 0 Å². The van der Waals surface area contributed by atoms with Gasteiger partial charge in [0.1, 0.15) is 6.07 Å². The van der Waals surface area contributed by atoms with Crippen molar-refractivity contribution in [2.45, 2.75) is 30.7 Å². The van der Waals surface area contributed by atoms with E-state index in [2.05, 4.69) is 4.72 Å². The Morgan fingerprint density at radius 3 is 2.67 bits per heavy atom. The van der Waals surface area contributed by atoms with Crippen LogP contribution in [0.15, 0.2) is 23.1 Å². The van der Waals surface area contributed by atoms with Gasteiger partial charge in [-0.05, 0) is 43.9 Å². The molecule has 114 valence electrons. The summed E-state index contributed by atoms with van der Waals surface area (Å²) in [7, 11) is -3.64. The standard InChI is InChI=1S/C14H17ClN2O3S/c1-10(11-4-6-20-7-5-11)17-21(18,19)13-3-2-12(9-16)14(15)8-13/h2-3,8,10-11,17H,4-7H2,1H3. The minimum Gasteiger partial charge on any atom is -0.381 e. The zero-order chi connectivity index (χ0) is 15.5. The fourth-order valence-corrected chi connectivity index (χ4v) is 4.00. The molecule has 5 nitrogen and oxygen atoms in total. The quantitative estimate of drug-likeness (QED) is 0.919. The average Bonchev–Trinajstić information content (AvgIpc) is 2.47. The molecule has 0 amide bonds. The molecule has 1 aliphatic rings. The van der Waals surface area contributed by atoms with Crippen molar-refractivity contribution in [1.29, 1.82) is 5.26 Å². The van der Waals surface area contributed by atoms with Crippen LogP contribution in [0.5, 0.6) is 0 Å². The molecule has 1 heterocycles. The number of nitriles is 1. The van der Waals surface area contributed by atoms with E-state index in [1.54, 1.807) is 0 Å². The normalized spacial score (nSPS) is 18.1. The Labute approximate surface area is 129 Å². The fourth-order valence-electron chi connectivity index (χ4n) is 2.38. The molecule has 0 radical (unpaired) electrons. The van der Waals surface area contributed by atoms with Gasteiger partial charge in [-0.2, -0.15) is 5.26 Å². The van der Waals surface area contributed by atoms with E-state index in [1.165, 1.54) is 18.2 Å². The molecule has 0 spiro atoms. The van der Waals surface area contributed by atoms with Gasteiger partial charge in [-0.1, -0.05) is 11.6 Å². The van der Waals surface area contributed by atoms with Crippen molar-refractivity contribution in [2.24, 2.45) is 5.92 Å². The molecular formula is C14H17ClN2O3S. The van der Waals surface area contributed by atoms with E-state index in [4.69, 9.17) is 21.6 Å². The van der Waals surface area contributed by atoms with Crippen LogP contribution < -0.4 is 4.72 Å². The lowest BCUT2D eigenvalue weighted by Gasteiger charge is -2.28. The number of benzene rings is 1. The highest BCUT2D eigenvalue weighted by Gasteiger charge is 2.25. The minimum absolute atomic E-state index is 0.0745. The van der Waals surface area contributed by atoms with Crippen LogP contribution in [0.2, 0.25) is 5.02 Å². The summed E-state index contributed by atoms with van der Waals surface area (Å²) in [6.45, 7) is 3.19. The molecule has 0 bridgehead atoms. The molecule has 1 saturated heterocycles. The molecular weight excluding hydrogens is 312 g/mol. The second-order valence-electron chi connectivity index (χ2n) is 5.11. The van der Waals surface area contributed by atoms with Crippen LogP contribution in [0.25, 0.3) is 0 Å². The summed E-state index contributed by atoms with van der Waals surface area (Å²) in [5.41, 5.74) is 0.257. The molecule has 21 heavy (non-hydrogen) atoms. The Hall–Kier alpha value is -1.13. The Bertz CT molecular complexity index is 649. The molecule has 1 atom stereocenters. The summed E-state index contributed by atoms with van der Waals surface area (Å²) < 4.78 is 32.7. The smallest absolute Gasteiger partial charge is 0.240 e. The van der Waals surface area contributed by atoms with E-state index in [-0.39, 0.29) is 27.4 Å². The van der Waals surface area contributed by atoms with Gasteiger partial charge in [0.05, 0.1) is 15.5 Å². The third-order valence-corrected chi connectivity index (χ3v) is 5.55. The van der Waals surface area contributed by atoms with Crippen LogP contribution in [-0.2, 0) is 14.8 Å². The first-order valence-electron chi connectivity index (χ1n) is 6.74. The first-order valence-corrected chi connectivity index (χ1v) is 8.60. The molecule has 7 heteroatoms. The summed E-state index contributed by atoms with van der Waals surface area (Å²) in [6, 6.07) is 5.84. The van der Waals surface area contributed by atoms with Crippen molar-refractivity contribution in [1.82, 2.24) is 4.72 Å². The van der Waals surface area contributed by atoms with Crippen molar-refractivity contribution in [3.63, 3.8) is 0 Å². The number of halogens is 1. The molecule has 1 N–H and O–H groups in total. The summed E-state index contributed by atoms with van der Waals surface area (Å²) in [5.74, 6) is 0.266. The van der Waals surface area contributed by atoms with Crippen LogP contribution in [-0.4, -0.2) is 27.7 Å². The molecule has 1 aliphatic heterocycles. The zero-order valence-corrected chi connectivity index (χ0v) is 13.2. The van der Waals surface area contributed by atoms with Crippen LogP contribution in [0.4, 0.5) is 0 Å². The van der Waals surface area contributed by atoms with Gasteiger partial charge in [0.15, 0.2) is 0 Å². The number of nitrogens with one attached hydrogen (secondary N) is 1. The fraction of sp³-hybridized carbons (Fsp3) is 0.500. The maximum Gasteiger partial charge on any atom is 0.240 e. The molecule has 0 aliphatic carbocycles. The maximum atomic E-state index is 12.4. The lowest BCUT2D eigenvalue weighted by atomic mass is 9.94. The number of hydrogen-bond acceptors (Lipinski definition) is 4. The van der Waals surface area contributed by atoms with E-state index in [0.717, 1.165) is 12.8 Å². The Morgan fingerprint density at radius 1 is 1.43 bits per heavy atom. The Morgan fingerprint density at radius 2 is 2.10 bits per heavy atom. The first-order chi connectivity index (χ1) is 9.94. The topological polar surface area (TPSA) is 79.2 Å². The first kappa shape index (κ1) is 16.2. The van der Waals surface area contributed by atoms with E-state index < -0.39 is 10.0 Å². The maximum absolute atomic E-state index is 12.4. The highest BCUT2D eigenvalue weighted by Crippen LogP contribution is 2.23. The van der Waals surface area contributed by atoms with E-state index >= 15 is 0 Å². The van der Waals surface area contributed by atoms with Gasteiger partial charge in [0.25, 0.3) is 0 Å². The lowest BCUT2D eigenvalue weighted by Crippen LogP contribution is -2.40. The van der Waals surface area contributed by atoms with Gasteiger partial charge in [0, 0.05) is 19.3 Å². The molecule has 0 saturated carbocycles. The molecule has 1 unspecified atom stereocenters. The molecule has 1 fully saturated rings. The summed E-state index contributed by atoms with van der Waals surface area (Å²) >= 11 is 5.89. The van der Waals surface area contributed by atoms with Gasteiger partial charge < -0.3 is 4.74 Å². The molecule has 0 aromatic heterocycles. The van der Waals surface area contributed by atoms with E-state index in [1.807, 2.05) is 13.0 Å². The SMILES string of the molecule is CC(NS(=O)(=O)c1ccc(C#N)c(Cl)c1)C1CCOCC1. The largest absolute Gasteiger partial charge is 0.381 e. The third-order valence-electron chi connectivity index (χ3n) is 3.69. The molecule has 2 rings (SSSR count). The van der Waals surface area contributed by atoms with Crippen LogP contribution in [0.3, 0.4) is 0 Å². The van der Waals surface area contributed by atoms with Crippen LogP contribution in [0, 0.1) is 17.2 Å². The van der Waals surface area contributed by atoms with Crippen molar-refractivity contribution in [3.05, 3.63) is 28.8 Å². The molecule has 1 aromatic rings. The minimum atomic E-state index is -3.64. The number of rotatable bonds is 4. The number of sulfonamides is 1. The predicted octanol–water partition coefficient (Wildman–Crippen LogP) is 2.31. The Balaban J connectivity index is 2.14. The van der Waals surface area contributed by atoms with Gasteiger partial charge >= 0.3 is 0 Å². The van der Waals surface area contributed by atoms with Crippen LogP contribution in [0.1, 0.15) is 25.3 Å². The van der Waals surface area contributed by atoms with Gasteiger partial charge in [-0.25, -0.2) is 13.1 Å². The highest BCUT2D eigenvalue weighted by molar-refractivity contribution is 7.89. The molecule has 1 aromatic carbocycles. The monoisotopic (exact) mass is 328 g/mol. The number of ether oxygens (including phenoxy) is 1. The van der Waals surface area contributed by atoms with Crippen LogP contribution >= 0.6 is 11.6 Å². The summed E-state index contributed by atoms with van der Waals surface area (Å²) in [5, 5.41) is 8.95. The predicted molar refractivity (Wildman–Crippen MR) is 79.5 cm³/mol. The number of hydrogen-bond donors (Lipinski definition) is 1. The van der Waals surface area contributed by atoms with E-state index in [9.17, 15) is 8.42 Å². The van der Waals surface area contributed by atoms with Crippen molar-refractivity contribution in [3.8, 4) is 6.07 Å². The highest BCUT2D eigenvalue weighted by atomic mass is 35.5. The zero-order valence-electron chi connectivity index (χ0n) is 11.7. The van der Waals surface area contributed by atoms with Crippen molar-refractivity contribution in [2.75, 3.05) is 13.2 Å². The second-order valence-corrected chi connectivity index (χ2v) is 7.23. The third kappa shape index (κ3) is 3.95. The summed E-state index contributed by atoms with van der Waals surface area (Å²) in [4.78, 5) is 0.0745. The second kappa shape index (κ2) is 6.75. The van der Waals surface area contributed by atoms with Gasteiger partial charge in [-0.15, -0.1) is 0 Å². The average molecular weight is 329 g/mol.